The van der Waals surface area contributed by atoms with Gasteiger partial charge in [-0.1, -0.05) is 136 Å². The van der Waals surface area contributed by atoms with Crippen molar-refractivity contribution in [3.63, 3.8) is 0 Å². The Morgan fingerprint density at radius 3 is 1.53 bits per heavy atom. The molecule has 33 heteroatoms. The quantitative estimate of drug-likeness (QED) is 0.0381. The van der Waals surface area contributed by atoms with Crippen molar-refractivity contribution >= 4 is 106 Å². The van der Waals surface area contributed by atoms with Gasteiger partial charge in [-0.3, -0.25) is 67.5 Å². The normalized spacial score (nSPS) is 22.7. The average molecular weight is 1540 g/mol. The highest BCUT2D eigenvalue weighted by Crippen LogP contribution is 2.26. The van der Waals surface area contributed by atoms with Gasteiger partial charge in [-0.05, 0) is 97.1 Å². The van der Waals surface area contributed by atoms with Crippen molar-refractivity contribution in [1.29, 1.82) is 0 Å². The number of nitrogens with zero attached hydrogens (tertiary/aromatic N) is 3. The molecule has 2 bridgehead atoms. The number of nitrogens with two attached hydrogens (primary N) is 7. The Hall–Kier alpha value is -10.3. The lowest BCUT2D eigenvalue weighted by molar-refractivity contribution is -0.146. The van der Waals surface area contributed by atoms with Crippen LogP contribution in [0.3, 0.4) is 0 Å². The molecule has 0 radical (unpaired) electrons. The second-order valence-corrected chi connectivity index (χ2v) is 29.7. The molecule has 23 N–H and O–H groups in total. The molecule has 0 aromatic heterocycles. The van der Waals surface area contributed by atoms with Crippen molar-refractivity contribution in [1.82, 2.24) is 52.8 Å². The number of nitrogens with one attached hydrogen (secondary N) is 9. The fourth-order valence-electron chi connectivity index (χ4n) is 12.4. The maximum absolute atomic E-state index is 15.6. The summed E-state index contributed by atoms with van der Waals surface area (Å²) in [5.41, 5.74) is 45.0. The number of hydrogen-bond donors (Lipinski definition) is 16. The molecule has 31 nitrogen and oxygen atoms in total. The van der Waals surface area contributed by atoms with Crippen LogP contribution >= 0.6 is 23.5 Å². The van der Waals surface area contributed by atoms with Gasteiger partial charge in [0.05, 0.1) is 12.5 Å². The first kappa shape index (κ1) is 87.6. The predicted octanol–water partition coefficient (Wildman–Crippen LogP) is 0.194. The Balaban J connectivity index is 1.30. The monoisotopic (exact) mass is 1540 g/mol. The molecule has 4 aromatic rings. The zero-order chi connectivity index (χ0) is 79.2. The smallest absolute Gasteiger partial charge is 0.246 e. The van der Waals surface area contributed by atoms with Crippen molar-refractivity contribution in [2.45, 2.75) is 195 Å². The number of guanidine groups is 2. The highest BCUT2D eigenvalue weighted by Gasteiger charge is 2.41. The molecular weight excluding hydrogens is 1440 g/mol. The molecule has 2 heterocycles. The number of amides is 12. The number of primary amides is 2. The van der Waals surface area contributed by atoms with Gasteiger partial charge in [-0.2, -0.15) is 23.5 Å². The molecule has 2 aliphatic rings. The van der Waals surface area contributed by atoms with Gasteiger partial charge in [-0.25, -0.2) is 0 Å². The van der Waals surface area contributed by atoms with Gasteiger partial charge in [0, 0.05) is 87.8 Å². The lowest BCUT2D eigenvalue weighted by Crippen LogP contribution is -2.62. The number of benzene rings is 4. The summed E-state index contributed by atoms with van der Waals surface area (Å²) >= 11 is 2.91. The first-order valence-corrected chi connectivity index (χ1v) is 39.3. The Morgan fingerprint density at radius 1 is 0.495 bits per heavy atom. The molecule has 2 aliphatic heterocycles. The molecule has 9 atom stereocenters. The zero-order valence-corrected chi connectivity index (χ0v) is 63.8. The topological polar surface area (TPSA) is 523 Å². The molecule has 4 aromatic carbocycles. The first-order valence-electron chi connectivity index (χ1n) is 37.0. The van der Waals surface area contributed by atoms with Crippen LogP contribution in [0.2, 0.25) is 0 Å². The molecule has 6 rings (SSSR count). The summed E-state index contributed by atoms with van der Waals surface area (Å²) in [5, 5.41) is 25.2. The van der Waals surface area contributed by atoms with Crippen LogP contribution in [-0.2, 0) is 94.8 Å². The van der Waals surface area contributed by atoms with E-state index in [4.69, 9.17) is 40.1 Å². The van der Waals surface area contributed by atoms with Gasteiger partial charge in [0.1, 0.15) is 48.3 Å². The third-order valence-corrected chi connectivity index (χ3v) is 20.3. The third-order valence-electron chi connectivity index (χ3n) is 18.1. The summed E-state index contributed by atoms with van der Waals surface area (Å²) in [6, 6.07) is 21.4. The van der Waals surface area contributed by atoms with Crippen LogP contribution in [0.15, 0.2) is 119 Å². The van der Waals surface area contributed by atoms with E-state index >= 15 is 14.4 Å². The maximum atomic E-state index is 15.6. The molecule has 12 amide bonds. The SMILES string of the molecule is CC(C)C[C@@H]1NC(=O)[C@H](Cc2ccccc2)NC(=O)CCCCCNC(=O)[C@@H](N)CSCc2cccc(c2)CSC[C@@H](C(N)=O)NC(=O)CCCCCNC(=O)[C@H](CC(N)=O)NC(=O)[C@H](CCCN=C(N)N)NC(=O)[C@@H]2Cc3ccccc3CN2C(=O)[C@H](CCCN=C(N)N)NC(=O)[C@H](Cc2ccccc2)NC1=O. The number of rotatable bonds is 17. The van der Waals surface area contributed by atoms with Crippen LogP contribution in [-0.4, -0.2) is 180 Å². The summed E-state index contributed by atoms with van der Waals surface area (Å²) < 4.78 is 0. The molecular formula is C76H109N19O12S2. The van der Waals surface area contributed by atoms with Gasteiger partial charge in [0.25, 0.3) is 0 Å². The Bertz CT molecular complexity index is 3750. The molecule has 0 saturated heterocycles. The number of hydrogen-bond acceptors (Lipinski definition) is 17. The van der Waals surface area contributed by atoms with Crippen LogP contribution < -0.4 is 88.0 Å². The summed E-state index contributed by atoms with van der Waals surface area (Å²) in [7, 11) is 0. The maximum Gasteiger partial charge on any atom is 0.246 e. The Morgan fingerprint density at radius 2 is 0.972 bits per heavy atom. The first-order chi connectivity index (χ1) is 52.2. The number of carbonyl (C=O) groups excluding carboxylic acids is 12. The molecule has 109 heavy (non-hydrogen) atoms. The van der Waals surface area contributed by atoms with E-state index in [-0.39, 0.29) is 120 Å². The van der Waals surface area contributed by atoms with Crippen molar-refractivity contribution < 1.29 is 57.5 Å². The molecule has 0 aliphatic carbocycles. The van der Waals surface area contributed by atoms with Crippen LogP contribution in [0.5, 0.6) is 0 Å². The standard InChI is InChI=1S/C76H109N19O12S2/c1-47(2)36-57-70(103)93-59(39-49-22-9-4-10-23-49)72(105)91-56(29-19-35-87-76(82)83)74(107)95-42-53-27-14-13-26-52(53)40-62(95)73(106)90-55(28-18-34-86-75(80)81)69(102)94-60(41-63(78)96)68(101)85-33-16-6-12-31-65(98)89-61(66(79)99)46-109-44-51-25-17-24-50(37-51)43-108-45-54(77)67(100)84-32-15-5-11-30-64(97)88-58(71(104)92-57)38-48-20-7-3-8-21-48/h3-4,7-10,13-14,17,20-27,37,47,54-62H,5-6,11-12,15-16,18-19,28-36,38-46,77H2,1-2H3,(H2,78,96)(H2,79,99)(H,84,100)(H,85,101)(H,88,97)(H,89,98)(H,90,106)(H,91,105)(H,92,104)(H,93,103)(H,94,102)(H4,80,81,86)(H4,82,83,87)/t54-,55-,56-,57-,58-,59-,60-,61-,62-/m0/s1. The zero-order valence-electron chi connectivity index (χ0n) is 62.1. The van der Waals surface area contributed by atoms with Crippen LogP contribution in [0.25, 0.3) is 0 Å². The van der Waals surface area contributed by atoms with E-state index in [0.717, 1.165) is 16.7 Å². The molecule has 592 valence electrons. The minimum absolute atomic E-state index is 0.00751. The minimum Gasteiger partial charge on any atom is -0.370 e. The second-order valence-electron chi connectivity index (χ2n) is 27.6. The summed E-state index contributed by atoms with van der Waals surface area (Å²) in [4.78, 5) is 178. The largest absolute Gasteiger partial charge is 0.370 e. The van der Waals surface area contributed by atoms with Gasteiger partial charge < -0.3 is 92.9 Å². The van der Waals surface area contributed by atoms with Crippen molar-refractivity contribution in [2.24, 2.45) is 56.0 Å². The van der Waals surface area contributed by atoms with E-state index in [1.807, 2.05) is 56.3 Å². The predicted molar refractivity (Wildman–Crippen MR) is 420 cm³/mol. The second kappa shape index (κ2) is 46.8. The van der Waals surface area contributed by atoms with Gasteiger partial charge in [0.2, 0.25) is 70.9 Å². The highest BCUT2D eigenvalue weighted by atomic mass is 32.2. The number of thioether (sulfide) groups is 2. The van der Waals surface area contributed by atoms with E-state index in [1.165, 1.54) is 28.4 Å². The number of carbonyl (C=O) groups is 12. The highest BCUT2D eigenvalue weighted by molar-refractivity contribution is 7.98. The lowest BCUT2D eigenvalue weighted by Gasteiger charge is -2.39. The van der Waals surface area contributed by atoms with Crippen molar-refractivity contribution in [3.8, 4) is 0 Å². The van der Waals surface area contributed by atoms with Crippen LogP contribution in [0.4, 0.5) is 0 Å². The summed E-state index contributed by atoms with van der Waals surface area (Å²) in [6.07, 6.45) is 2.13. The van der Waals surface area contributed by atoms with Gasteiger partial charge >= 0.3 is 0 Å². The fraction of sp³-hybridized carbons (Fsp3) is 0.500. The van der Waals surface area contributed by atoms with Gasteiger partial charge in [-0.15, -0.1) is 0 Å². The molecule has 0 fully saturated rings. The fourth-order valence-corrected chi connectivity index (χ4v) is 14.3. The molecule has 0 saturated carbocycles. The Labute approximate surface area is 645 Å². The number of aliphatic imine (C=N–C) groups is 2. The summed E-state index contributed by atoms with van der Waals surface area (Å²) in [6.45, 7) is 3.95. The van der Waals surface area contributed by atoms with E-state index < -0.39 is 126 Å². The third kappa shape index (κ3) is 32.2. The van der Waals surface area contributed by atoms with E-state index in [0.29, 0.717) is 79.0 Å². The van der Waals surface area contributed by atoms with E-state index in [1.54, 1.807) is 66.7 Å². The van der Waals surface area contributed by atoms with E-state index in [9.17, 15) is 43.2 Å². The van der Waals surface area contributed by atoms with Gasteiger partial charge in [0.15, 0.2) is 11.9 Å². The Kier molecular flexibility index (Phi) is 37.6. The van der Waals surface area contributed by atoms with Crippen molar-refractivity contribution in [3.05, 3.63) is 143 Å². The minimum atomic E-state index is -1.53. The number of fused-ring (bicyclic) bond motifs is 4. The summed E-state index contributed by atoms with van der Waals surface area (Å²) in [5.74, 6) is -7.25. The average Bonchev–Trinajstić information content (AvgIpc) is 0.784. The van der Waals surface area contributed by atoms with E-state index in [2.05, 4.69) is 57.8 Å². The van der Waals surface area contributed by atoms with Crippen LogP contribution in [0, 0.1) is 5.92 Å². The van der Waals surface area contributed by atoms with Crippen molar-refractivity contribution in [2.75, 3.05) is 37.7 Å². The molecule has 0 unspecified atom stereocenters. The molecule has 0 spiro atoms. The lowest BCUT2D eigenvalue weighted by atomic mass is 9.92. The van der Waals surface area contributed by atoms with Crippen LogP contribution in [0.1, 0.15) is 137 Å².